The van der Waals surface area contributed by atoms with E-state index in [1.165, 1.54) is 186 Å². The van der Waals surface area contributed by atoms with E-state index in [-0.39, 0.29) is 12.5 Å². The number of allylic oxidation sites excluding steroid dienone is 4. The highest BCUT2D eigenvalue weighted by atomic mass is 16.3. The molecule has 4 heteroatoms. The van der Waals surface area contributed by atoms with E-state index in [4.69, 9.17) is 0 Å². The van der Waals surface area contributed by atoms with Crippen molar-refractivity contribution in [2.45, 2.75) is 257 Å². The Morgan fingerprint density at radius 3 is 1.20 bits per heavy atom. The summed E-state index contributed by atoms with van der Waals surface area (Å²) in [5.74, 6) is -0.0328. The number of aliphatic hydroxyl groups excluding tert-OH is 2. The number of aliphatic hydroxyl groups is 2. The third-order valence-corrected chi connectivity index (χ3v) is 10.5. The molecule has 0 spiro atoms. The van der Waals surface area contributed by atoms with Gasteiger partial charge in [0.25, 0.3) is 0 Å². The van der Waals surface area contributed by atoms with Crippen molar-refractivity contribution in [1.82, 2.24) is 5.32 Å². The second-order valence-electron chi connectivity index (χ2n) is 15.5. The van der Waals surface area contributed by atoms with E-state index in [1.807, 2.05) is 0 Å². The molecule has 0 aromatic carbocycles. The van der Waals surface area contributed by atoms with Crippen LogP contribution in [-0.2, 0) is 4.79 Å². The molecule has 0 aliphatic rings. The molecule has 0 fully saturated rings. The Morgan fingerprint density at radius 1 is 0.480 bits per heavy atom. The van der Waals surface area contributed by atoms with Crippen LogP contribution in [0.15, 0.2) is 24.3 Å². The summed E-state index contributed by atoms with van der Waals surface area (Å²) in [7, 11) is 0. The minimum absolute atomic E-state index is 0.0328. The first-order chi connectivity index (χ1) is 24.7. The zero-order chi connectivity index (χ0) is 36.4. The smallest absolute Gasteiger partial charge is 0.220 e. The summed E-state index contributed by atoms with van der Waals surface area (Å²) >= 11 is 0. The predicted octanol–water partition coefficient (Wildman–Crippen LogP) is 14.0. The monoisotopic (exact) mass is 704 g/mol. The van der Waals surface area contributed by atoms with Crippen LogP contribution in [0.3, 0.4) is 0 Å². The quantitative estimate of drug-likeness (QED) is 0.0438. The van der Waals surface area contributed by atoms with Crippen LogP contribution < -0.4 is 5.32 Å². The zero-order valence-corrected chi connectivity index (χ0v) is 33.9. The highest BCUT2D eigenvalue weighted by molar-refractivity contribution is 5.76. The number of hydrogen-bond donors (Lipinski definition) is 3. The van der Waals surface area contributed by atoms with Crippen molar-refractivity contribution in [3.8, 4) is 0 Å². The molecule has 0 radical (unpaired) electrons. The number of rotatable bonds is 41. The van der Waals surface area contributed by atoms with E-state index in [0.29, 0.717) is 12.8 Å². The number of amides is 1. The molecule has 0 heterocycles. The average Bonchev–Trinajstić information content (AvgIpc) is 3.12. The summed E-state index contributed by atoms with van der Waals surface area (Å²) in [4.78, 5) is 12.3. The van der Waals surface area contributed by atoms with E-state index >= 15 is 0 Å². The van der Waals surface area contributed by atoms with Crippen molar-refractivity contribution in [3.63, 3.8) is 0 Å². The van der Waals surface area contributed by atoms with Crippen LogP contribution in [0.4, 0.5) is 0 Å². The summed E-state index contributed by atoms with van der Waals surface area (Å²) in [6.07, 6.45) is 54.3. The highest BCUT2D eigenvalue weighted by Gasteiger charge is 2.20. The molecule has 0 saturated heterocycles. The molecule has 4 nitrogen and oxygen atoms in total. The molecule has 2 atom stereocenters. The lowest BCUT2D eigenvalue weighted by Gasteiger charge is -2.22. The summed E-state index contributed by atoms with van der Waals surface area (Å²) in [6, 6.07) is -0.530. The number of carbonyl (C=O) groups excluding carboxylic acids is 1. The van der Waals surface area contributed by atoms with Crippen LogP contribution in [0.5, 0.6) is 0 Å². The molecular formula is C46H89NO3. The van der Waals surface area contributed by atoms with Crippen molar-refractivity contribution < 1.29 is 15.0 Å². The van der Waals surface area contributed by atoms with Gasteiger partial charge in [-0.2, -0.15) is 0 Å². The largest absolute Gasteiger partial charge is 0.394 e. The van der Waals surface area contributed by atoms with Crippen molar-refractivity contribution in [3.05, 3.63) is 24.3 Å². The van der Waals surface area contributed by atoms with Gasteiger partial charge in [0, 0.05) is 6.42 Å². The lowest BCUT2D eigenvalue weighted by atomic mass is 10.0. The summed E-state index contributed by atoms with van der Waals surface area (Å²) < 4.78 is 0. The first-order valence-corrected chi connectivity index (χ1v) is 22.5. The molecule has 0 aromatic rings. The van der Waals surface area contributed by atoms with Crippen LogP contribution in [0, 0.1) is 0 Å². The second-order valence-corrected chi connectivity index (χ2v) is 15.5. The lowest BCUT2D eigenvalue weighted by Crippen LogP contribution is -2.45. The normalized spacial score (nSPS) is 13.1. The van der Waals surface area contributed by atoms with Gasteiger partial charge in [-0.25, -0.2) is 0 Å². The van der Waals surface area contributed by atoms with Crippen LogP contribution in [0.1, 0.15) is 245 Å². The third kappa shape index (κ3) is 38.1. The fraction of sp³-hybridized carbons (Fsp3) is 0.891. The average molecular weight is 704 g/mol. The van der Waals surface area contributed by atoms with Crippen molar-refractivity contribution in [2.24, 2.45) is 0 Å². The minimum Gasteiger partial charge on any atom is -0.394 e. The van der Waals surface area contributed by atoms with E-state index in [1.54, 1.807) is 0 Å². The van der Waals surface area contributed by atoms with E-state index in [2.05, 4.69) is 43.5 Å². The standard InChI is InChI=1S/C46H89NO3/c1-3-5-7-9-11-12-13-14-15-16-17-18-19-20-21-22-23-24-25-26-27-28-29-30-31-32-33-34-36-38-40-42-46(50)47-44(43-48)45(49)41-39-37-35-10-8-6-4-2/h13-14,16-17,44-45,48-49H,3-12,15,18-43H2,1-2H3,(H,47,50)/b14-13-,17-16-. The maximum Gasteiger partial charge on any atom is 0.220 e. The Balaban J connectivity index is 3.36. The van der Waals surface area contributed by atoms with Gasteiger partial charge in [0.1, 0.15) is 0 Å². The van der Waals surface area contributed by atoms with E-state index < -0.39 is 12.1 Å². The molecule has 0 aliphatic carbocycles. The topological polar surface area (TPSA) is 69.6 Å². The van der Waals surface area contributed by atoms with Crippen LogP contribution in [0.25, 0.3) is 0 Å². The molecule has 0 saturated carbocycles. The summed E-state index contributed by atoms with van der Waals surface area (Å²) in [6.45, 7) is 4.31. The SMILES string of the molecule is CCCCCCC/C=C\C/C=C\CCCCCCCCCCCCCCCCCCCCCC(=O)NC(CO)C(O)CCCCCCCCC. The maximum atomic E-state index is 12.3. The Kier molecular flexibility index (Phi) is 41.3. The number of hydrogen-bond acceptors (Lipinski definition) is 3. The Morgan fingerprint density at radius 2 is 0.820 bits per heavy atom. The Hall–Kier alpha value is -1.13. The second kappa shape index (κ2) is 42.3. The van der Waals surface area contributed by atoms with Gasteiger partial charge >= 0.3 is 0 Å². The maximum absolute atomic E-state index is 12.3. The fourth-order valence-electron chi connectivity index (χ4n) is 6.98. The molecule has 296 valence electrons. The van der Waals surface area contributed by atoms with Crippen LogP contribution in [-0.4, -0.2) is 34.9 Å². The minimum atomic E-state index is -0.653. The summed E-state index contributed by atoms with van der Waals surface area (Å²) in [5, 5.41) is 22.9. The molecule has 0 bridgehead atoms. The number of nitrogens with one attached hydrogen (secondary N) is 1. The van der Waals surface area contributed by atoms with E-state index in [9.17, 15) is 15.0 Å². The predicted molar refractivity (Wildman–Crippen MR) is 221 cm³/mol. The third-order valence-electron chi connectivity index (χ3n) is 10.5. The van der Waals surface area contributed by atoms with Gasteiger partial charge in [-0.1, -0.05) is 218 Å². The van der Waals surface area contributed by atoms with Crippen LogP contribution >= 0.6 is 0 Å². The summed E-state index contributed by atoms with van der Waals surface area (Å²) in [5.41, 5.74) is 0. The molecule has 2 unspecified atom stereocenters. The number of carbonyl (C=O) groups is 1. The molecule has 3 N–H and O–H groups in total. The van der Waals surface area contributed by atoms with Gasteiger partial charge < -0.3 is 15.5 Å². The molecular weight excluding hydrogens is 615 g/mol. The van der Waals surface area contributed by atoms with Gasteiger partial charge in [-0.15, -0.1) is 0 Å². The molecule has 0 aliphatic heterocycles. The van der Waals surface area contributed by atoms with Gasteiger partial charge in [0.2, 0.25) is 5.91 Å². The van der Waals surface area contributed by atoms with Gasteiger partial charge in [0.15, 0.2) is 0 Å². The molecule has 50 heavy (non-hydrogen) atoms. The van der Waals surface area contributed by atoms with Crippen LogP contribution in [0.2, 0.25) is 0 Å². The van der Waals surface area contributed by atoms with E-state index in [0.717, 1.165) is 32.1 Å². The van der Waals surface area contributed by atoms with Gasteiger partial charge in [0.05, 0.1) is 18.8 Å². The van der Waals surface area contributed by atoms with Crippen molar-refractivity contribution >= 4 is 5.91 Å². The molecule has 1 amide bonds. The first-order valence-electron chi connectivity index (χ1n) is 22.5. The fourth-order valence-corrected chi connectivity index (χ4v) is 6.98. The van der Waals surface area contributed by atoms with Crippen molar-refractivity contribution in [2.75, 3.05) is 6.61 Å². The Labute approximate surface area is 313 Å². The number of unbranched alkanes of at least 4 members (excludes halogenated alkanes) is 30. The molecule has 0 rings (SSSR count). The van der Waals surface area contributed by atoms with Crippen molar-refractivity contribution in [1.29, 1.82) is 0 Å². The van der Waals surface area contributed by atoms with Gasteiger partial charge in [-0.05, 0) is 44.9 Å². The highest BCUT2D eigenvalue weighted by Crippen LogP contribution is 2.16. The zero-order valence-electron chi connectivity index (χ0n) is 33.9. The van der Waals surface area contributed by atoms with Gasteiger partial charge in [-0.3, -0.25) is 4.79 Å². The Bertz CT molecular complexity index is 720. The first kappa shape index (κ1) is 48.9. The molecule has 0 aromatic heterocycles. The lowest BCUT2D eigenvalue weighted by molar-refractivity contribution is -0.123.